The number of carbonyl (C=O) groups excluding carboxylic acids is 1. The van der Waals surface area contributed by atoms with E-state index < -0.39 is 5.91 Å². The minimum Gasteiger partial charge on any atom is -0.368 e. The molecule has 116 valence electrons. The molecule has 0 radical (unpaired) electrons. The first-order valence-electron chi connectivity index (χ1n) is 6.80. The van der Waals surface area contributed by atoms with E-state index in [1.807, 2.05) is 0 Å². The number of benzene rings is 1. The highest BCUT2D eigenvalue weighted by atomic mass is 35.5. The molecule has 22 heavy (non-hydrogen) atoms. The fraction of sp³-hybridized carbons (Fsp3) is 0.267. The maximum atomic E-state index is 12.1. The Morgan fingerprint density at radius 2 is 1.82 bits per heavy atom. The molecule has 1 heterocycles. The molecule has 0 saturated carbocycles. The van der Waals surface area contributed by atoms with Gasteiger partial charge in [0.2, 0.25) is 0 Å². The Labute approximate surface area is 139 Å². The molecule has 2 N–H and O–H groups in total. The van der Waals surface area contributed by atoms with Crippen LogP contribution < -0.4 is 10.6 Å². The van der Waals surface area contributed by atoms with Crippen molar-refractivity contribution in [1.82, 2.24) is 10.2 Å². The average Bonchev–Trinajstić information content (AvgIpc) is 2.49. The Kier molecular flexibility index (Phi) is 5.57. The van der Waals surface area contributed by atoms with E-state index in [4.69, 9.17) is 23.2 Å². The minimum atomic E-state index is -0.419. The number of amides is 1. The Bertz CT molecular complexity index is 639. The fourth-order valence-corrected chi connectivity index (χ4v) is 2.14. The van der Waals surface area contributed by atoms with E-state index in [1.165, 1.54) is 0 Å². The Morgan fingerprint density at radius 3 is 2.36 bits per heavy atom. The van der Waals surface area contributed by atoms with Crippen molar-refractivity contribution in [1.29, 1.82) is 0 Å². The van der Waals surface area contributed by atoms with Gasteiger partial charge in [-0.2, -0.15) is 0 Å². The van der Waals surface area contributed by atoms with E-state index >= 15 is 0 Å². The number of anilines is 2. The zero-order chi connectivity index (χ0) is 16.1. The molecule has 0 atom stereocenters. The smallest absolute Gasteiger partial charge is 0.276 e. The number of rotatable bonds is 5. The van der Waals surface area contributed by atoms with E-state index in [0.29, 0.717) is 27.5 Å². The maximum absolute atomic E-state index is 12.1. The van der Waals surface area contributed by atoms with Crippen molar-refractivity contribution in [3.8, 4) is 0 Å². The summed E-state index contributed by atoms with van der Waals surface area (Å²) in [5, 5.41) is 14.4. The molecule has 0 spiro atoms. The van der Waals surface area contributed by atoms with Crippen LogP contribution in [0.1, 0.15) is 24.3 Å². The lowest BCUT2D eigenvalue weighted by Gasteiger charge is -2.09. The van der Waals surface area contributed by atoms with Gasteiger partial charge in [-0.3, -0.25) is 4.79 Å². The standard InChI is InChI=1S/C15H16Cl2N4O/c1-9(2)8-18-13-7-6-12(20-21-13)15(22)19-14-10(16)4-3-5-11(14)17/h3-7,9H,8H2,1-2H3,(H,18,21)(H,19,22). The number of carbonyl (C=O) groups is 1. The Hall–Kier alpha value is -1.85. The summed E-state index contributed by atoms with van der Waals surface area (Å²) in [6.45, 7) is 4.97. The average molecular weight is 339 g/mol. The van der Waals surface area contributed by atoms with Gasteiger partial charge in [0.05, 0.1) is 15.7 Å². The summed E-state index contributed by atoms with van der Waals surface area (Å²) in [7, 11) is 0. The van der Waals surface area contributed by atoms with Crippen molar-refractivity contribution < 1.29 is 4.79 Å². The highest BCUT2D eigenvalue weighted by molar-refractivity contribution is 6.39. The van der Waals surface area contributed by atoms with Crippen LogP contribution in [0.4, 0.5) is 11.5 Å². The van der Waals surface area contributed by atoms with Crippen LogP contribution in [0.2, 0.25) is 10.0 Å². The molecular formula is C15H16Cl2N4O. The van der Waals surface area contributed by atoms with Crippen molar-refractivity contribution >= 4 is 40.6 Å². The molecule has 1 aromatic heterocycles. The van der Waals surface area contributed by atoms with E-state index in [9.17, 15) is 4.79 Å². The first-order chi connectivity index (χ1) is 10.5. The van der Waals surface area contributed by atoms with Crippen LogP contribution >= 0.6 is 23.2 Å². The predicted molar refractivity (Wildman–Crippen MR) is 89.8 cm³/mol. The van der Waals surface area contributed by atoms with E-state index in [0.717, 1.165) is 6.54 Å². The second-order valence-electron chi connectivity index (χ2n) is 5.13. The molecule has 2 aromatic rings. The van der Waals surface area contributed by atoms with Gasteiger partial charge in [-0.1, -0.05) is 43.1 Å². The maximum Gasteiger partial charge on any atom is 0.276 e. The number of hydrogen-bond donors (Lipinski definition) is 2. The van der Waals surface area contributed by atoms with Crippen LogP contribution in [0.5, 0.6) is 0 Å². The lowest BCUT2D eigenvalue weighted by Crippen LogP contribution is -2.16. The van der Waals surface area contributed by atoms with Crippen LogP contribution in [0, 0.1) is 5.92 Å². The lowest BCUT2D eigenvalue weighted by molar-refractivity contribution is 0.102. The third-order valence-electron chi connectivity index (χ3n) is 2.79. The number of aromatic nitrogens is 2. The van der Waals surface area contributed by atoms with Gasteiger partial charge in [0.15, 0.2) is 5.69 Å². The van der Waals surface area contributed by atoms with E-state index in [2.05, 4.69) is 34.7 Å². The van der Waals surface area contributed by atoms with Crippen LogP contribution in [-0.2, 0) is 0 Å². The van der Waals surface area contributed by atoms with Crippen LogP contribution in [0.3, 0.4) is 0 Å². The van der Waals surface area contributed by atoms with Crippen molar-refractivity contribution in [3.05, 3.63) is 46.1 Å². The van der Waals surface area contributed by atoms with Crippen molar-refractivity contribution in [2.45, 2.75) is 13.8 Å². The molecule has 7 heteroatoms. The molecule has 0 bridgehead atoms. The quantitative estimate of drug-likeness (QED) is 0.860. The number of halogens is 2. The van der Waals surface area contributed by atoms with Crippen LogP contribution in [0.25, 0.3) is 0 Å². The van der Waals surface area contributed by atoms with Gasteiger partial charge in [0.25, 0.3) is 5.91 Å². The lowest BCUT2D eigenvalue weighted by atomic mass is 10.2. The Morgan fingerprint density at radius 1 is 1.14 bits per heavy atom. The predicted octanol–water partition coefficient (Wildman–Crippen LogP) is 4.10. The summed E-state index contributed by atoms with van der Waals surface area (Å²) < 4.78 is 0. The molecule has 0 unspecified atom stereocenters. The van der Waals surface area contributed by atoms with Gasteiger partial charge in [0, 0.05) is 6.54 Å². The molecule has 0 fully saturated rings. The monoisotopic (exact) mass is 338 g/mol. The molecule has 0 saturated heterocycles. The van der Waals surface area contributed by atoms with Gasteiger partial charge in [-0.05, 0) is 30.2 Å². The second kappa shape index (κ2) is 7.42. The molecular weight excluding hydrogens is 323 g/mol. The molecule has 0 aliphatic rings. The molecule has 0 aliphatic carbocycles. The second-order valence-corrected chi connectivity index (χ2v) is 5.94. The third kappa shape index (κ3) is 4.32. The minimum absolute atomic E-state index is 0.186. The van der Waals surface area contributed by atoms with Gasteiger partial charge in [-0.15, -0.1) is 10.2 Å². The third-order valence-corrected chi connectivity index (χ3v) is 3.42. The summed E-state index contributed by atoms with van der Waals surface area (Å²) in [6.07, 6.45) is 0. The van der Waals surface area contributed by atoms with E-state index in [1.54, 1.807) is 30.3 Å². The summed E-state index contributed by atoms with van der Waals surface area (Å²) in [6, 6.07) is 8.30. The summed E-state index contributed by atoms with van der Waals surface area (Å²) in [4.78, 5) is 12.1. The first-order valence-corrected chi connectivity index (χ1v) is 7.56. The zero-order valence-corrected chi connectivity index (χ0v) is 13.7. The van der Waals surface area contributed by atoms with Crippen molar-refractivity contribution in [3.63, 3.8) is 0 Å². The molecule has 2 rings (SSSR count). The molecule has 1 amide bonds. The van der Waals surface area contributed by atoms with Crippen LogP contribution in [0.15, 0.2) is 30.3 Å². The van der Waals surface area contributed by atoms with Crippen molar-refractivity contribution in [2.75, 3.05) is 17.2 Å². The topological polar surface area (TPSA) is 66.9 Å². The van der Waals surface area contributed by atoms with Gasteiger partial charge in [-0.25, -0.2) is 0 Å². The molecule has 0 aliphatic heterocycles. The number of nitrogens with zero attached hydrogens (tertiary/aromatic N) is 2. The fourth-order valence-electron chi connectivity index (χ4n) is 1.65. The normalized spacial score (nSPS) is 10.6. The highest BCUT2D eigenvalue weighted by Gasteiger charge is 2.13. The summed E-state index contributed by atoms with van der Waals surface area (Å²) in [5.41, 5.74) is 0.547. The zero-order valence-electron chi connectivity index (χ0n) is 12.2. The summed E-state index contributed by atoms with van der Waals surface area (Å²) in [5.74, 6) is 0.700. The van der Waals surface area contributed by atoms with Gasteiger partial charge in [0.1, 0.15) is 5.82 Å². The molecule has 5 nitrogen and oxygen atoms in total. The molecule has 1 aromatic carbocycles. The first kappa shape index (κ1) is 16.5. The Balaban J connectivity index is 2.07. The number of hydrogen-bond acceptors (Lipinski definition) is 4. The van der Waals surface area contributed by atoms with Gasteiger partial charge >= 0.3 is 0 Å². The highest BCUT2D eigenvalue weighted by Crippen LogP contribution is 2.30. The van der Waals surface area contributed by atoms with Crippen LogP contribution in [-0.4, -0.2) is 22.6 Å². The SMILES string of the molecule is CC(C)CNc1ccc(C(=O)Nc2c(Cl)cccc2Cl)nn1. The number of para-hydroxylation sites is 1. The van der Waals surface area contributed by atoms with Crippen molar-refractivity contribution in [2.24, 2.45) is 5.92 Å². The van der Waals surface area contributed by atoms with E-state index in [-0.39, 0.29) is 5.69 Å². The number of nitrogens with one attached hydrogen (secondary N) is 2. The largest absolute Gasteiger partial charge is 0.368 e. The van der Waals surface area contributed by atoms with Gasteiger partial charge < -0.3 is 10.6 Å². The summed E-state index contributed by atoms with van der Waals surface area (Å²) >= 11 is 12.0.